The van der Waals surface area contributed by atoms with Crippen LogP contribution in [0.5, 0.6) is 11.5 Å². The molecule has 0 amide bonds. The molecule has 0 aliphatic carbocycles. The molecule has 0 bridgehead atoms. The lowest BCUT2D eigenvalue weighted by Crippen LogP contribution is -2.11. The monoisotopic (exact) mass is 566 g/mol. The standard InChI is InChI=1S/C37H30N2O4/c1-25-4-17-32(18-5-25)38-23-28-9-13-30(14-10-28)36(40)42-34-21-8-27(3)35(22-34)43-37(41)31-15-11-29(12-16-31)24-39-33-19-6-26(2)7-20-33/h4-24H,1-3H3. The van der Waals surface area contributed by atoms with Crippen LogP contribution < -0.4 is 9.47 Å². The van der Waals surface area contributed by atoms with Crippen LogP contribution in [0.25, 0.3) is 0 Å². The summed E-state index contributed by atoms with van der Waals surface area (Å²) < 4.78 is 11.2. The molecule has 0 saturated carbocycles. The molecule has 0 aromatic heterocycles. The van der Waals surface area contributed by atoms with E-state index in [2.05, 4.69) is 9.98 Å². The highest BCUT2D eigenvalue weighted by atomic mass is 16.5. The summed E-state index contributed by atoms with van der Waals surface area (Å²) in [6.07, 6.45) is 3.49. The van der Waals surface area contributed by atoms with E-state index in [-0.39, 0.29) is 5.75 Å². The predicted molar refractivity (Wildman–Crippen MR) is 171 cm³/mol. The summed E-state index contributed by atoms with van der Waals surface area (Å²) in [6.45, 7) is 5.87. The minimum atomic E-state index is -0.522. The number of ether oxygens (including phenoxy) is 2. The Labute approximate surface area is 251 Å². The number of hydrogen-bond donors (Lipinski definition) is 0. The van der Waals surface area contributed by atoms with Gasteiger partial charge in [0, 0.05) is 18.5 Å². The zero-order valence-electron chi connectivity index (χ0n) is 24.2. The summed E-state index contributed by atoms with van der Waals surface area (Å²) in [7, 11) is 0. The van der Waals surface area contributed by atoms with Crippen molar-refractivity contribution in [2.24, 2.45) is 9.98 Å². The molecule has 5 aromatic carbocycles. The van der Waals surface area contributed by atoms with Crippen molar-refractivity contribution in [1.82, 2.24) is 0 Å². The zero-order valence-corrected chi connectivity index (χ0v) is 24.2. The Morgan fingerprint density at radius 1 is 0.535 bits per heavy atom. The van der Waals surface area contributed by atoms with Gasteiger partial charge < -0.3 is 9.47 Å². The number of benzene rings is 5. The Morgan fingerprint density at radius 2 is 0.977 bits per heavy atom. The first-order valence-corrected chi connectivity index (χ1v) is 13.8. The van der Waals surface area contributed by atoms with E-state index in [0.717, 1.165) is 28.1 Å². The Kier molecular flexibility index (Phi) is 8.98. The highest BCUT2D eigenvalue weighted by molar-refractivity contribution is 5.94. The fraction of sp³-hybridized carbons (Fsp3) is 0.0811. The molecule has 5 rings (SSSR count). The Hall–Kier alpha value is -5.62. The van der Waals surface area contributed by atoms with Crippen LogP contribution in [0.3, 0.4) is 0 Å². The highest BCUT2D eigenvalue weighted by Crippen LogP contribution is 2.26. The molecule has 0 atom stereocenters. The molecular formula is C37H30N2O4. The van der Waals surface area contributed by atoms with E-state index in [4.69, 9.17) is 9.47 Å². The SMILES string of the molecule is Cc1ccc(N=Cc2ccc(C(=O)Oc3ccc(C)c(OC(=O)c4ccc(C=Nc5ccc(C)cc5)cc4)c3)cc2)cc1. The van der Waals surface area contributed by atoms with E-state index < -0.39 is 11.9 Å². The number of carbonyl (C=O) groups is 2. The molecule has 0 aliphatic rings. The van der Waals surface area contributed by atoms with Gasteiger partial charge in [-0.25, -0.2) is 9.59 Å². The van der Waals surface area contributed by atoms with Crippen LogP contribution in [0.15, 0.2) is 125 Å². The van der Waals surface area contributed by atoms with E-state index in [1.807, 2.05) is 69.3 Å². The van der Waals surface area contributed by atoms with Gasteiger partial charge in [0.2, 0.25) is 0 Å². The third kappa shape index (κ3) is 7.99. The minimum absolute atomic E-state index is 0.270. The van der Waals surface area contributed by atoms with Crippen molar-refractivity contribution >= 4 is 35.7 Å². The van der Waals surface area contributed by atoms with Crippen LogP contribution in [0.2, 0.25) is 0 Å². The van der Waals surface area contributed by atoms with Gasteiger partial charge in [0.05, 0.1) is 22.5 Å². The summed E-state index contributed by atoms with van der Waals surface area (Å²) in [5.41, 5.74) is 7.26. The van der Waals surface area contributed by atoms with E-state index in [9.17, 15) is 9.59 Å². The first kappa shape index (κ1) is 28.9. The van der Waals surface area contributed by atoms with Gasteiger partial charge in [-0.15, -0.1) is 0 Å². The quantitative estimate of drug-likeness (QED) is 0.107. The van der Waals surface area contributed by atoms with Gasteiger partial charge in [0.25, 0.3) is 0 Å². The van der Waals surface area contributed by atoms with Crippen LogP contribution >= 0.6 is 0 Å². The number of nitrogens with zero attached hydrogens (tertiary/aromatic N) is 2. The molecule has 0 saturated heterocycles. The van der Waals surface area contributed by atoms with Crippen molar-refractivity contribution in [1.29, 1.82) is 0 Å². The smallest absolute Gasteiger partial charge is 0.343 e. The number of hydrogen-bond acceptors (Lipinski definition) is 6. The Balaban J connectivity index is 1.19. The van der Waals surface area contributed by atoms with Gasteiger partial charge in [-0.1, -0.05) is 65.7 Å². The van der Waals surface area contributed by atoms with Gasteiger partial charge in [0.15, 0.2) is 0 Å². The molecule has 0 fully saturated rings. The summed E-state index contributed by atoms with van der Waals surface area (Å²) in [6, 6.07) is 34.7. The van der Waals surface area contributed by atoms with Gasteiger partial charge in [-0.2, -0.15) is 0 Å². The fourth-order valence-electron chi connectivity index (χ4n) is 4.05. The second-order valence-electron chi connectivity index (χ2n) is 10.1. The van der Waals surface area contributed by atoms with Crippen molar-refractivity contribution in [2.45, 2.75) is 20.8 Å². The van der Waals surface area contributed by atoms with Gasteiger partial charge in [0.1, 0.15) is 11.5 Å². The number of esters is 2. The molecule has 0 unspecified atom stereocenters. The molecule has 0 N–H and O–H groups in total. The van der Waals surface area contributed by atoms with Crippen molar-refractivity contribution in [2.75, 3.05) is 0 Å². The molecule has 0 heterocycles. The third-order valence-electron chi connectivity index (χ3n) is 6.66. The number of rotatable bonds is 8. The Bertz CT molecular complexity index is 1790. The fourth-order valence-corrected chi connectivity index (χ4v) is 4.05. The number of aryl methyl sites for hydroxylation is 3. The Morgan fingerprint density at radius 3 is 1.44 bits per heavy atom. The molecule has 5 aromatic rings. The van der Waals surface area contributed by atoms with Crippen molar-refractivity contribution in [3.05, 3.63) is 154 Å². The zero-order chi connectivity index (χ0) is 30.2. The van der Waals surface area contributed by atoms with Crippen LogP contribution in [-0.2, 0) is 0 Å². The van der Waals surface area contributed by atoms with Crippen LogP contribution in [-0.4, -0.2) is 24.4 Å². The number of carbonyl (C=O) groups excluding carboxylic acids is 2. The maximum atomic E-state index is 12.9. The lowest BCUT2D eigenvalue weighted by atomic mass is 10.1. The summed E-state index contributed by atoms with van der Waals surface area (Å²) in [5.74, 6) is -0.461. The molecule has 6 heteroatoms. The first-order chi connectivity index (χ1) is 20.8. The molecular weight excluding hydrogens is 536 g/mol. The van der Waals surface area contributed by atoms with Gasteiger partial charge in [-0.3, -0.25) is 9.98 Å². The summed E-state index contributed by atoms with van der Waals surface area (Å²) in [4.78, 5) is 34.6. The van der Waals surface area contributed by atoms with Gasteiger partial charge >= 0.3 is 11.9 Å². The molecule has 6 nitrogen and oxygen atoms in total. The van der Waals surface area contributed by atoms with Crippen LogP contribution in [0, 0.1) is 20.8 Å². The topological polar surface area (TPSA) is 77.3 Å². The van der Waals surface area contributed by atoms with E-state index >= 15 is 0 Å². The summed E-state index contributed by atoms with van der Waals surface area (Å²) in [5, 5.41) is 0. The lowest BCUT2D eigenvalue weighted by Gasteiger charge is -2.10. The average molecular weight is 567 g/mol. The van der Waals surface area contributed by atoms with E-state index in [1.165, 1.54) is 17.2 Å². The third-order valence-corrected chi connectivity index (χ3v) is 6.66. The molecule has 0 spiro atoms. The highest BCUT2D eigenvalue weighted by Gasteiger charge is 2.14. The van der Waals surface area contributed by atoms with Crippen molar-refractivity contribution in [3.8, 4) is 11.5 Å². The normalized spacial score (nSPS) is 11.1. The average Bonchev–Trinajstić information content (AvgIpc) is 3.02. The minimum Gasteiger partial charge on any atom is -0.423 e. The van der Waals surface area contributed by atoms with Crippen LogP contribution in [0.1, 0.15) is 48.5 Å². The summed E-state index contributed by atoms with van der Waals surface area (Å²) >= 11 is 0. The second kappa shape index (κ2) is 13.4. The maximum Gasteiger partial charge on any atom is 0.343 e. The van der Waals surface area contributed by atoms with Crippen molar-refractivity contribution in [3.63, 3.8) is 0 Å². The second-order valence-corrected chi connectivity index (χ2v) is 10.1. The predicted octanol–water partition coefficient (Wildman–Crippen LogP) is 8.55. The van der Waals surface area contributed by atoms with E-state index in [0.29, 0.717) is 16.9 Å². The molecule has 0 aliphatic heterocycles. The van der Waals surface area contributed by atoms with Gasteiger partial charge in [-0.05, 0) is 92.1 Å². The largest absolute Gasteiger partial charge is 0.423 e. The lowest BCUT2D eigenvalue weighted by molar-refractivity contribution is 0.0732. The molecule has 212 valence electrons. The van der Waals surface area contributed by atoms with Crippen LogP contribution in [0.4, 0.5) is 11.4 Å². The molecule has 0 radical (unpaired) electrons. The first-order valence-electron chi connectivity index (χ1n) is 13.8. The number of aliphatic imine (C=N–C) groups is 2. The van der Waals surface area contributed by atoms with Crippen molar-refractivity contribution < 1.29 is 19.1 Å². The van der Waals surface area contributed by atoms with E-state index in [1.54, 1.807) is 73.1 Å². The maximum absolute atomic E-state index is 12.9. The molecule has 43 heavy (non-hydrogen) atoms.